The minimum Gasteiger partial charge on any atom is -0.378 e. The molecule has 1 aliphatic carbocycles. The number of carbonyl (C=O) groups is 1. The third-order valence-corrected chi connectivity index (χ3v) is 5.74. The van der Waals surface area contributed by atoms with Gasteiger partial charge in [-0.15, -0.1) is 5.10 Å². The quantitative estimate of drug-likeness (QED) is 0.407. The maximum atomic E-state index is 12.9. The van der Waals surface area contributed by atoms with Crippen molar-refractivity contribution < 1.29 is 9.42 Å². The molecule has 11 nitrogen and oxygen atoms in total. The fourth-order valence-electron chi connectivity index (χ4n) is 3.82. The van der Waals surface area contributed by atoms with Gasteiger partial charge in [0.05, 0.1) is 11.9 Å². The van der Waals surface area contributed by atoms with Gasteiger partial charge in [0.15, 0.2) is 5.69 Å². The number of rotatable bonds is 7. The van der Waals surface area contributed by atoms with Gasteiger partial charge in [0, 0.05) is 17.6 Å². The Morgan fingerprint density at radius 3 is 2.91 bits per heavy atom. The molecule has 3 aromatic rings. The Morgan fingerprint density at radius 2 is 2.19 bits per heavy atom. The van der Waals surface area contributed by atoms with E-state index in [0.29, 0.717) is 23.3 Å². The van der Waals surface area contributed by atoms with E-state index < -0.39 is 5.91 Å². The molecule has 0 aliphatic heterocycles. The van der Waals surface area contributed by atoms with E-state index >= 15 is 0 Å². The number of carbonyl (C=O) groups excluding carboxylic acids is 1. The van der Waals surface area contributed by atoms with Gasteiger partial charge in [0.2, 0.25) is 11.6 Å². The Kier molecular flexibility index (Phi) is 6.76. The van der Waals surface area contributed by atoms with Crippen LogP contribution in [-0.4, -0.2) is 55.4 Å². The molecule has 1 saturated carbocycles. The van der Waals surface area contributed by atoms with Gasteiger partial charge in [-0.1, -0.05) is 48.2 Å². The number of hydrazone groups is 1. The molecular weight excluding hydrogens is 434 g/mol. The molecule has 1 amide bonds. The Balaban J connectivity index is 1.57. The number of nitrogen functional groups attached to an aromatic ring is 1. The van der Waals surface area contributed by atoms with Crippen molar-refractivity contribution in [3.8, 4) is 5.82 Å². The Bertz CT molecular complexity index is 1100. The van der Waals surface area contributed by atoms with Crippen molar-refractivity contribution in [3.63, 3.8) is 0 Å². The number of hydrogen-bond donors (Lipinski definition) is 2. The van der Waals surface area contributed by atoms with Gasteiger partial charge in [0.1, 0.15) is 0 Å². The van der Waals surface area contributed by atoms with Crippen molar-refractivity contribution in [2.45, 2.75) is 44.7 Å². The van der Waals surface area contributed by atoms with Crippen molar-refractivity contribution in [2.24, 2.45) is 5.10 Å². The minimum atomic E-state index is -0.503. The number of aromatic nitrogens is 5. The molecule has 0 saturated heterocycles. The number of hydrogen-bond acceptors (Lipinski definition) is 9. The summed E-state index contributed by atoms with van der Waals surface area (Å²) in [5.41, 5.74) is 9.75. The lowest BCUT2D eigenvalue weighted by atomic mass is 9.94. The lowest BCUT2D eigenvalue weighted by molar-refractivity contribution is 0.0947. The second-order valence-corrected chi connectivity index (χ2v) is 8.17. The SMILES string of the molecule is CN(Cc1c(C(=O)N/N=C\c2cccc(Cl)c2)nnn1-c1nonc1N)C1CCCCC1. The normalized spacial score (nSPS) is 15.0. The standard InChI is InChI=1S/C20H24ClN9O2/c1-29(15-8-3-2-4-9-15)12-16-17(24-28-30(16)19-18(22)26-32-27-19)20(31)25-23-11-13-6-5-7-14(21)10-13/h5-7,10-11,15H,2-4,8-9,12H2,1H3,(H2,22,26)(H,25,31)/b23-11-. The minimum absolute atomic E-state index is 0.0578. The zero-order valence-electron chi connectivity index (χ0n) is 17.6. The van der Waals surface area contributed by atoms with Crippen molar-refractivity contribution in [1.29, 1.82) is 0 Å². The van der Waals surface area contributed by atoms with Crippen LogP contribution in [0.2, 0.25) is 5.02 Å². The lowest BCUT2D eigenvalue weighted by Gasteiger charge is -2.31. The van der Waals surface area contributed by atoms with Gasteiger partial charge in [-0.2, -0.15) is 9.78 Å². The van der Waals surface area contributed by atoms with Crippen LogP contribution in [0.15, 0.2) is 34.0 Å². The summed E-state index contributed by atoms with van der Waals surface area (Å²) >= 11 is 5.98. The Morgan fingerprint density at radius 1 is 1.38 bits per heavy atom. The van der Waals surface area contributed by atoms with Gasteiger partial charge in [-0.25, -0.2) is 10.1 Å². The smallest absolute Gasteiger partial charge is 0.293 e. The van der Waals surface area contributed by atoms with E-state index in [-0.39, 0.29) is 17.3 Å². The van der Waals surface area contributed by atoms with Crippen LogP contribution in [0.25, 0.3) is 5.82 Å². The average Bonchev–Trinajstić information content (AvgIpc) is 3.40. The molecule has 0 atom stereocenters. The summed E-state index contributed by atoms with van der Waals surface area (Å²) in [5.74, 6) is -0.259. The molecule has 168 valence electrons. The molecule has 0 unspecified atom stereocenters. The van der Waals surface area contributed by atoms with Crippen LogP contribution in [0.5, 0.6) is 0 Å². The van der Waals surface area contributed by atoms with Crippen molar-refractivity contribution in [2.75, 3.05) is 12.8 Å². The molecule has 3 N–H and O–H groups in total. The number of halogens is 1. The molecule has 2 heterocycles. The predicted octanol–water partition coefficient (Wildman–Crippen LogP) is 2.41. The molecule has 4 rings (SSSR count). The third-order valence-electron chi connectivity index (χ3n) is 5.50. The van der Waals surface area contributed by atoms with E-state index in [1.807, 2.05) is 13.1 Å². The average molecular weight is 458 g/mol. The van der Waals surface area contributed by atoms with E-state index in [1.54, 1.807) is 18.2 Å². The maximum Gasteiger partial charge on any atom is 0.293 e. The van der Waals surface area contributed by atoms with Crippen LogP contribution in [0, 0.1) is 0 Å². The second-order valence-electron chi connectivity index (χ2n) is 7.73. The van der Waals surface area contributed by atoms with Crippen LogP contribution in [0.4, 0.5) is 5.82 Å². The van der Waals surface area contributed by atoms with E-state index in [2.05, 4.69) is 36.1 Å². The van der Waals surface area contributed by atoms with E-state index in [0.717, 1.165) is 18.4 Å². The van der Waals surface area contributed by atoms with Crippen molar-refractivity contribution >= 4 is 29.5 Å². The van der Waals surface area contributed by atoms with Gasteiger partial charge < -0.3 is 5.73 Å². The van der Waals surface area contributed by atoms with Crippen LogP contribution in [0.3, 0.4) is 0 Å². The first kappa shape index (κ1) is 21.9. The largest absolute Gasteiger partial charge is 0.378 e. The molecule has 32 heavy (non-hydrogen) atoms. The summed E-state index contributed by atoms with van der Waals surface area (Å²) in [6, 6.07) is 7.53. The van der Waals surface area contributed by atoms with Gasteiger partial charge in [-0.3, -0.25) is 9.69 Å². The summed E-state index contributed by atoms with van der Waals surface area (Å²) in [7, 11) is 2.02. The fraction of sp³-hybridized carbons (Fsp3) is 0.400. The summed E-state index contributed by atoms with van der Waals surface area (Å²) < 4.78 is 6.10. The highest BCUT2D eigenvalue weighted by Crippen LogP contribution is 2.24. The monoisotopic (exact) mass is 457 g/mol. The number of anilines is 1. The summed E-state index contributed by atoms with van der Waals surface area (Å²) in [5, 5.41) is 20.2. The maximum absolute atomic E-state index is 12.9. The van der Waals surface area contributed by atoms with Crippen LogP contribution < -0.4 is 11.2 Å². The number of nitrogens with two attached hydrogens (primary N) is 1. The number of amides is 1. The number of benzene rings is 1. The second kappa shape index (κ2) is 9.88. The Labute approximate surface area is 189 Å². The van der Waals surface area contributed by atoms with Gasteiger partial charge >= 0.3 is 0 Å². The van der Waals surface area contributed by atoms with Gasteiger partial charge in [0.25, 0.3) is 5.91 Å². The molecule has 0 spiro atoms. The molecule has 1 fully saturated rings. The molecule has 1 aromatic carbocycles. The highest BCUT2D eigenvalue weighted by molar-refractivity contribution is 6.30. The lowest BCUT2D eigenvalue weighted by Crippen LogP contribution is -2.34. The van der Waals surface area contributed by atoms with Gasteiger partial charge in [-0.05, 0) is 47.9 Å². The zero-order chi connectivity index (χ0) is 22.5. The molecule has 1 aliphatic rings. The Hall–Kier alpha value is -3.31. The van der Waals surface area contributed by atoms with E-state index in [1.165, 1.54) is 30.2 Å². The molecule has 0 bridgehead atoms. The highest BCUT2D eigenvalue weighted by atomic mass is 35.5. The van der Waals surface area contributed by atoms with E-state index in [4.69, 9.17) is 22.0 Å². The van der Waals surface area contributed by atoms with Crippen LogP contribution in [0.1, 0.15) is 53.8 Å². The first-order valence-electron chi connectivity index (χ1n) is 10.3. The summed E-state index contributed by atoms with van der Waals surface area (Å²) in [4.78, 5) is 15.1. The molecule has 0 radical (unpaired) electrons. The molecule has 2 aromatic heterocycles. The number of nitrogens with zero attached hydrogens (tertiary/aromatic N) is 7. The van der Waals surface area contributed by atoms with Crippen LogP contribution >= 0.6 is 11.6 Å². The molecular formula is C20H24ClN9O2. The summed E-state index contributed by atoms with van der Waals surface area (Å²) in [6.07, 6.45) is 7.36. The first-order chi connectivity index (χ1) is 15.5. The zero-order valence-corrected chi connectivity index (χ0v) is 18.4. The van der Waals surface area contributed by atoms with Crippen molar-refractivity contribution in [1.82, 2.24) is 35.6 Å². The molecule has 12 heteroatoms. The van der Waals surface area contributed by atoms with Crippen molar-refractivity contribution in [3.05, 3.63) is 46.2 Å². The number of nitrogens with one attached hydrogen (secondary N) is 1. The fourth-order valence-corrected chi connectivity index (χ4v) is 4.02. The summed E-state index contributed by atoms with van der Waals surface area (Å²) in [6.45, 7) is 0.421. The highest BCUT2D eigenvalue weighted by Gasteiger charge is 2.27. The van der Waals surface area contributed by atoms with Crippen LogP contribution in [-0.2, 0) is 6.54 Å². The van der Waals surface area contributed by atoms with E-state index in [9.17, 15) is 4.79 Å². The predicted molar refractivity (Wildman–Crippen MR) is 118 cm³/mol. The topological polar surface area (TPSA) is 140 Å². The first-order valence-corrected chi connectivity index (χ1v) is 10.7. The third kappa shape index (κ3) is 4.94.